The van der Waals surface area contributed by atoms with E-state index in [9.17, 15) is 4.79 Å². The van der Waals surface area contributed by atoms with Gasteiger partial charge in [0.1, 0.15) is 17.5 Å². The molecule has 19 heavy (non-hydrogen) atoms. The second-order valence-electron chi connectivity index (χ2n) is 3.66. The van der Waals surface area contributed by atoms with E-state index in [1.54, 1.807) is 18.3 Å². The Hall–Kier alpha value is -2.72. The van der Waals surface area contributed by atoms with E-state index in [1.807, 2.05) is 6.07 Å². The number of aromatic nitrogens is 3. The van der Waals surface area contributed by atoms with Crippen LogP contribution in [0.3, 0.4) is 0 Å². The molecule has 0 unspecified atom stereocenters. The minimum Gasteiger partial charge on any atom is -0.394 e. The zero-order valence-corrected chi connectivity index (χ0v) is 9.95. The maximum atomic E-state index is 12.0. The van der Waals surface area contributed by atoms with Crippen LogP contribution in [-0.4, -0.2) is 32.4 Å². The molecule has 0 aliphatic heterocycles. The van der Waals surface area contributed by atoms with Gasteiger partial charge in [-0.25, -0.2) is 4.68 Å². The van der Waals surface area contributed by atoms with E-state index < -0.39 is 0 Å². The predicted molar refractivity (Wildman–Crippen MR) is 66.2 cm³/mol. The lowest BCUT2D eigenvalue weighted by atomic mass is 10.2. The van der Waals surface area contributed by atoms with Crippen LogP contribution in [-0.2, 0) is 6.54 Å². The summed E-state index contributed by atoms with van der Waals surface area (Å²) >= 11 is 0. The molecule has 7 nitrogen and oxygen atoms in total. The Kier molecular flexibility index (Phi) is 3.85. The van der Waals surface area contributed by atoms with E-state index in [2.05, 4.69) is 15.4 Å². The molecule has 96 valence electrons. The number of nitriles is 1. The summed E-state index contributed by atoms with van der Waals surface area (Å²) in [5, 5.41) is 24.4. The van der Waals surface area contributed by atoms with Gasteiger partial charge in [-0.1, -0.05) is 0 Å². The molecule has 2 aromatic heterocycles. The fourth-order valence-electron chi connectivity index (χ4n) is 1.54. The highest BCUT2D eigenvalue weighted by Crippen LogP contribution is 2.15. The Labute approximate surface area is 109 Å². The van der Waals surface area contributed by atoms with Gasteiger partial charge >= 0.3 is 0 Å². The molecule has 2 aromatic rings. The van der Waals surface area contributed by atoms with Crippen molar-refractivity contribution in [2.24, 2.45) is 0 Å². The van der Waals surface area contributed by atoms with Crippen molar-refractivity contribution >= 4 is 11.7 Å². The highest BCUT2D eigenvalue weighted by Gasteiger charge is 2.14. The lowest BCUT2D eigenvalue weighted by Crippen LogP contribution is -2.17. The fourth-order valence-corrected chi connectivity index (χ4v) is 1.54. The van der Waals surface area contributed by atoms with Crippen molar-refractivity contribution in [3.8, 4) is 6.07 Å². The monoisotopic (exact) mass is 257 g/mol. The zero-order chi connectivity index (χ0) is 13.7. The number of anilines is 1. The van der Waals surface area contributed by atoms with Crippen LogP contribution >= 0.6 is 0 Å². The average Bonchev–Trinajstić information content (AvgIpc) is 2.82. The van der Waals surface area contributed by atoms with Crippen molar-refractivity contribution in [3.63, 3.8) is 0 Å². The van der Waals surface area contributed by atoms with Crippen molar-refractivity contribution < 1.29 is 9.90 Å². The normalized spacial score (nSPS) is 9.89. The van der Waals surface area contributed by atoms with Crippen molar-refractivity contribution in [2.45, 2.75) is 6.54 Å². The summed E-state index contributed by atoms with van der Waals surface area (Å²) in [5.41, 5.74) is 0.619. The number of rotatable bonds is 4. The van der Waals surface area contributed by atoms with Crippen LogP contribution in [0.4, 0.5) is 5.82 Å². The first-order valence-electron chi connectivity index (χ1n) is 5.54. The molecular weight excluding hydrogens is 246 g/mol. The summed E-state index contributed by atoms with van der Waals surface area (Å²) in [6, 6.07) is 5.19. The Morgan fingerprint density at radius 1 is 1.53 bits per heavy atom. The number of amides is 1. The fraction of sp³-hybridized carbons (Fsp3) is 0.167. The average molecular weight is 257 g/mol. The van der Waals surface area contributed by atoms with Gasteiger partial charge in [-0.05, 0) is 12.1 Å². The van der Waals surface area contributed by atoms with Crippen LogP contribution in [0, 0.1) is 11.3 Å². The van der Waals surface area contributed by atoms with E-state index in [0.29, 0.717) is 5.56 Å². The van der Waals surface area contributed by atoms with Gasteiger partial charge in [0, 0.05) is 12.4 Å². The number of aliphatic hydroxyl groups is 1. The summed E-state index contributed by atoms with van der Waals surface area (Å²) < 4.78 is 1.37. The maximum Gasteiger partial charge on any atom is 0.258 e. The van der Waals surface area contributed by atoms with Crippen molar-refractivity contribution in [1.29, 1.82) is 5.26 Å². The molecule has 0 atom stereocenters. The zero-order valence-electron chi connectivity index (χ0n) is 9.95. The van der Waals surface area contributed by atoms with Gasteiger partial charge in [0.2, 0.25) is 0 Å². The van der Waals surface area contributed by atoms with Gasteiger partial charge in [0.25, 0.3) is 5.91 Å². The van der Waals surface area contributed by atoms with Crippen LogP contribution in [0.1, 0.15) is 15.9 Å². The molecule has 0 aliphatic rings. The van der Waals surface area contributed by atoms with E-state index in [-0.39, 0.29) is 30.4 Å². The number of hydrogen-bond donors (Lipinski definition) is 2. The molecule has 0 saturated carbocycles. The standard InChI is InChI=1S/C12H11N5O2/c13-6-10-8-15-17(4-5-18)11(10)16-12(19)9-2-1-3-14-7-9/h1-3,7-8,18H,4-5H2,(H,16,19). The minimum atomic E-state index is -0.385. The van der Waals surface area contributed by atoms with Crippen LogP contribution in [0.25, 0.3) is 0 Å². The van der Waals surface area contributed by atoms with Crippen LogP contribution in [0.2, 0.25) is 0 Å². The van der Waals surface area contributed by atoms with Gasteiger partial charge in [0.05, 0.1) is 24.9 Å². The Bertz CT molecular complexity index is 615. The molecule has 2 N–H and O–H groups in total. The molecule has 0 aromatic carbocycles. The first-order valence-corrected chi connectivity index (χ1v) is 5.54. The third kappa shape index (κ3) is 2.75. The summed E-state index contributed by atoms with van der Waals surface area (Å²) in [6.45, 7) is 0.0621. The molecular formula is C12H11N5O2. The van der Waals surface area contributed by atoms with Gasteiger partial charge in [-0.3, -0.25) is 9.78 Å². The number of aliphatic hydroxyl groups excluding tert-OH is 1. The minimum absolute atomic E-state index is 0.137. The van der Waals surface area contributed by atoms with Crippen molar-refractivity contribution in [3.05, 3.63) is 41.9 Å². The SMILES string of the molecule is N#Cc1cnn(CCO)c1NC(=O)c1cccnc1. The maximum absolute atomic E-state index is 12.0. The quantitative estimate of drug-likeness (QED) is 0.824. The predicted octanol–water partition coefficient (Wildman–Crippen LogP) is 0.394. The number of nitrogens with one attached hydrogen (secondary N) is 1. The number of pyridine rings is 1. The number of hydrogen-bond acceptors (Lipinski definition) is 5. The molecule has 2 heterocycles. The number of carbonyl (C=O) groups excluding carboxylic acids is 1. The van der Waals surface area contributed by atoms with Crippen molar-refractivity contribution in [2.75, 3.05) is 11.9 Å². The molecule has 7 heteroatoms. The number of carbonyl (C=O) groups is 1. The van der Waals surface area contributed by atoms with E-state index in [4.69, 9.17) is 10.4 Å². The summed E-state index contributed by atoms with van der Waals surface area (Å²) in [6.07, 6.45) is 4.33. The molecule has 2 rings (SSSR count). The molecule has 0 spiro atoms. The summed E-state index contributed by atoms with van der Waals surface area (Å²) in [7, 11) is 0. The topological polar surface area (TPSA) is 104 Å². The second-order valence-corrected chi connectivity index (χ2v) is 3.66. The van der Waals surface area contributed by atoms with E-state index >= 15 is 0 Å². The van der Waals surface area contributed by atoms with Crippen LogP contribution in [0.15, 0.2) is 30.7 Å². The van der Waals surface area contributed by atoms with Crippen LogP contribution in [0.5, 0.6) is 0 Å². The summed E-state index contributed by atoms with van der Waals surface area (Å²) in [5.74, 6) is -0.116. The van der Waals surface area contributed by atoms with Gasteiger partial charge in [-0.2, -0.15) is 10.4 Å². The molecule has 0 bridgehead atoms. The molecule has 0 fully saturated rings. The van der Waals surface area contributed by atoms with Crippen LogP contribution < -0.4 is 5.32 Å². The third-order valence-corrected chi connectivity index (χ3v) is 2.43. The van der Waals surface area contributed by atoms with Gasteiger partial charge < -0.3 is 10.4 Å². The Morgan fingerprint density at radius 2 is 2.37 bits per heavy atom. The smallest absolute Gasteiger partial charge is 0.258 e. The highest BCUT2D eigenvalue weighted by molar-refractivity contribution is 6.04. The van der Waals surface area contributed by atoms with E-state index in [0.717, 1.165) is 0 Å². The second kappa shape index (κ2) is 5.75. The Balaban J connectivity index is 2.26. The molecule has 0 saturated heterocycles. The molecule has 0 radical (unpaired) electrons. The largest absolute Gasteiger partial charge is 0.394 e. The molecule has 0 aliphatic carbocycles. The van der Waals surface area contributed by atoms with Gasteiger partial charge in [0.15, 0.2) is 0 Å². The third-order valence-electron chi connectivity index (χ3n) is 2.43. The highest BCUT2D eigenvalue weighted by atomic mass is 16.3. The molecule has 1 amide bonds. The first-order chi connectivity index (χ1) is 9.26. The lowest BCUT2D eigenvalue weighted by molar-refractivity contribution is 0.102. The van der Waals surface area contributed by atoms with Gasteiger partial charge in [-0.15, -0.1) is 0 Å². The number of nitrogens with zero attached hydrogens (tertiary/aromatic N) is 4. The first kappa shape index (κ1) is 12.7. The van der Waals surface area contributed by atoms with Crippen molar-refractivity contribution in [1.82, 2.24) is 14.8 Å². The Morgan fingerprint density at radius 3 is 3.00 bits per heavy atom. The lowest BCUT2D eigenvalue weighted by Gasteiger charge is -2.08. The summed E-state index contributed by atoms with van der Waals surface area (Å²) in [4.78, 5) is 15.8. The van der Waals surface area contributed by atoms with E-state index in [1.165, 1.54) is 17.1 Å².